The smallest absolute Gasteiger partial charge is 0.114 e. The lowest BCUT2D eigenvalue weighted by Crippen LogP contribution is -1.76. The molecule has 0 aromatic carbocycles. The van der Waals surface area contributed by atoms with Crippen LogP contribution < -0.4 is 0 Å². The van der Waals surface area contributed by atoms with Gasteiger partial charge in [-0.2, -0.15) is 0 Å². The summed E-state index contributed by atoms with van der Waals surface area (Å²) in [5.41, 5.74) is 0. The van der Waals surface area contributed by atoms with Gasteiger partial charge in [0.1, 0.15) is 16.3 Å². The maximum absolute atomic E-state index is 2.73. The van der Waals surface area contributed by atoms with Crippen molar-refractivity contribution in [1.82, 2.24) is 0 Å². The van der Waals surface area contributed by atoms with Gasteiger partial charge in [-0.05, 0) is 0 Å². The van der Waals surface area contributed by atoms with Gasteiger partial charge < -0.3 is 0 Å². The summed E-state index contributed by atoms with van der Waals surface area (Å²) < 4.78 is 0.801. The first kappa shape index (κ1) is 10.1. The van der Waals surface area contributed by atoms with E-state index in [2.05, 4.69) is 30.1 Å². The van der Waals surface area contributed by atoms with Gasteiger partial charge in [0.05, 0.1) is 0 Å². The minimum Gasteiger partial charge on any atom is -0.114 e. The van der Waals surface area contributed by atoms with E-state index in [1.807, 2.05) is 0 Å². The maximum Gasteiger partial charge on any atom is 0.123 e. The molecule has 0 saturated heterocycles. The van der Waals surface area contributed by atoms with Gasteiger partial charge in [-0.25, -0.2) is 0 Å². The van der Waals surface area contributed by atoms with Crippen molar-refractivity contribution in [2.45, 2.75) is 25.0 Å². The molecule has 6 heavy (non-hydrogen) atoms. The molecule has 0 bridgehead atoms. The summed E-state index contributed by atoms with van der Waals surface area (Å²) in [6.07, 6.45) is 1.27. The third kappa shape index (κ3) is 8.89. The summed E-state index contributed by atoms with van der Waals surface area (Å²) in [6, 6.07) is 0. The molecule has 1 unspecified atom stereocenters. The van der Waals surface area contributed by atoms with Crippen molar-refractivity contribution in [1.29, 1.82) is 0 Å². The third-order valence-corrected chi connectivity index (χ3v) is 1.12. The summed E-state index contributed by atoms with van der Waals surface area (Å²) >= 11 is 2.73. The Hall–Kier alpha value is 1.01. The Labute approximate surface area is 58.5 Å². The molecule has 0 saturated carbocycles. The van der Waals surface area contributed by atoms with Crippen LogP contribution in [0.2, 0.25) is 4.78 Å². The first-order chi connectivity index (χ1) is 2.27. The van der Waals surface area contributed by atoms with Gasteiger partial charge >= 0.3 is 0 Å². The van der Waals surface area contributed by atoms with Crippen LogP contribution in [0.15, 0.2) is 0 Å². The quantitative estimate of drug-likeness (QED) is 0.521. The molecule has 0 aliphatic carbocycles. The lowest BCUT2D eigenvalue weighted by Gasteiger charge is -1.91. The average molecular weight is 165 g/mol. The highest BCUT2D eigenvalue weighted by Crippen LogP contribution is 1.97. The zero-order valence-electron chi connectivity index (χ0n) is 4.27. The van der Waals surface area contributed by atoms with Gasteiger partial charge in [-0.3, -0.25) is 0 Å². The summed E-state index contributed by atoms with van der Waals surface area (Å²) in [7, 11) is 0. The van der Waals surface area contributed by atoms with E-state index in [4.69, 9.17) is 0 Å². The Kier molecular flexibility index (Phi) is 10.1. The number of hydrogen-bond acceptors (Lipinski definition) is 0. The maximum atomic E-state index is 2.73. The third-order valence-electron chi connectivity index (χ3n) is 0.644. The van der Waals surface area contributed by atoms with Crippen LogP contribution in [0.1, 0.15) is 20.3 Å². The Morgan fingerprint density at radius 3 is 1.83 bits per heavy atom. The van der Waals surface area contributed by atoms with Gasteiger partial charge in [0.25, 0.3) is 0 Å². The molecule has 2 heteroatoms. The minimum absolute atomic E-state index is 0. The summed E-state index contributed by atoms with van der Waals surface area (Å²) in [5.74, 6) is 0. The molecule has 0 fully saturated rings. The standard InChI is InChI=1S/C4H9.Al.BrH/c1-3-4-2;;/h3H,4H2,1-2H3;;1H. The largest absolute Gasteiger partial charge is 0.123 e. The average Bonchev–Trinajstić information content (AvgIpc) is 1.38. The van der Waals surface area contributed by atoms with Crippen LogP contribution in [0.25, 0.3) is 0 Å². The molecular formula is C4H10AlBr. The van der Waals surface area contributed by atoms with E-state index in [9.17, 15) is 0 Å². The van der Waals surface area contributed by atoms with E-state index < -0.39 is 0 Å². The van der Waals surface area contributed by atoms with Crippen LogP contribution in [-0.4, -0.2) is 16.3 Å². The zero-order chi connectivity index (χ0) is 4.28. The highest BCUT2D eigenvalue weighted by Gasteiger charge is 1.79. The normalized spacial score (nSPS) is 12.3. The first-order valence-electron chi connectivity index (χ1n) is 2.03. The van der Waals surface area contributed by atoms with Crippen molar-refractivity contribution < 1.29 is 0 Å². The lowest BCUT2D eigenvalue weighted by atomic mass is 10.4. The molecule has 0 heterocycles. The van der Waals surface area contributed by atoms with E-state index in [1.165, 1.54) is 6.42 Å². The van der Waals surface area contributed by atoms with Crippen LogP contribution >= 0.6 is 17.0 Å². The SMILES string of the molecule is Br.CC[CH](C)[Al]. The molecule has 36 valence electrons. The highest BCUT2D eigenvalue weighted by molar-refractivity contribution is 8.93. The summed E-state index contributed by atoms with van der Waals surface area (Å²) in [6.45, 7) is 4.36. The van der Waals surface area contributed by atoms with Crippen molar-refractivity contribution in [2.24, 2.45) is 0 Å². The van der Waals surface area contributed by atoms with Gasteiger partial charge in [-0.1, -0.05) is 20.3 Å². The highest BCUT2D eigenvalue weighted by atomic mass is 79.9. The van der Waals surface area contributed by atoms with E-state index in [0.29, 0.717) is 0 Å². The second-order valence-corrected chi connectivity index (χ2v) is 2.52. The van der Waals surface area contributed by atoms with Gasteiger partial charge in [0.2, 0.25) is 0 Å². The van der Waals surface area contributed by atoms with Crippen LogP contribution in [0, 0.1) is 0 Å². The molecular weight excluding hydrogens is 155 g/mol. The Bertz CT molecular complexity index is 21.5. The zero-order valence-corrected chi connectivity index (χ0v) is 7.14. The van der Waals surface area contributed by atoms with Gasteiger partial charge in [0.15, 0.2) is 0 Å². The topological polar surface area (TPSA) is 0 Å². The molecule has 0 aromatic rings. The van der Waals surface area contributed by atoms with E-state index in [0.717, 1.165) is 4.78 Å². The number of hydrogen-bond donors (Lipinski definition) is 0. The van der Waals surface area contributed by atoms with Crippen molar-refractivity contribution in [3.63, 3.8) is 0 Å². The second-order valence-electron chi connectivity index (χ2n) is 1.39. The summed E-state index contributed by atoms with van der Waals surface area (Å²) in [5, 5.41) is 0. The van der Waals surface area contributed by atoms with E-state index in [1.54, 1.807) is 0 Å². The molecule has 0 rings (SSSR count). The molecule has 0 amide bonds. The predicted octanol–water partition coefficient (Wildman–Crippen LogP) is 1.95. The molecule has 0 aromatic heterocycles. The van der Waals surface area contributed by atoms with Crippen LogP contribution in [0.5, 0.6) is 0 Å². The minimum atomic E-state index is 0. The van der Waals surface area contributed by atoms with Crippen LogP contribution in [0.4, 0.5) is 0 Å². The second kappa shape index (κ2) is 6.01. The number of halogens is 1. The molecule has 2 radical (unpaired) electrons. The fraction of sp³-hybridized carbons (Fsp3) is 1.00. The van der Waals surface area contributed by atoms with Gasteiger partial charge in [-0.15, -0.1) is 21.8 Å². The fourth-order valence-electron chi connectivity index (χ4n) is 0. The lowest BCUT2D eigenvalue weighted by molar-refractivity contribution is 0.880. The number of rotatable bonds is 1. The monoisotopic (exact) mass is 164 g/mol. The molecule has 1 atom stereocenters. The Balaban J connectivity index is 0. The van der Waals surface area contributed by atoms with E-state index in [-0.39, 0.29) is 17.0 Å². The van der Waals surface area contributed by atoms with Crippen molar-refractivity contribution in [3.8, 4) is 0 Å². The van der Waals surface area contributed by atoms with Crippen molar-refractivity contribution >= 4 is 33.3 Å². The van der Waals surface area contributed by atoms with Crippen molar-refractivity contribution in [2.75, 3.05) is 0 Å². The predicted molar refractivity (Wildman–Crippen MR) is 35.8 cm³/mol. The molecule has 0 aliphatic heterocycles. The van der Waals surface area contributed by atoms with E-state index >= 15 is 0 Å². The molecule has 0 spiro atoms. The van der Waals surface area contributed by atoms with Crippen LogP contribution in [-0.2, 0) is 0 Å². The Morgan fingerprint density at radius 1 is 1.67 bits per heavy atom. The fourth-order valence-corrected chi connectivity index (χ4v) is 0. The van der Waals surface area contributed by atoms with Gasteiger partial charge in [0, 0.05) is 0 Å². The molecule has 0 aliphatic rings. The van der Waals surface area contributed by atoms with Crippen LogP contribution in [0.3, 0.4) is 0 Å². The Morgan fingerprint density at radius 2 is 1.83 bits per heavy atom. The molecule has 0 nitrogen and oxygen atoms in total. The summed E-state index contributed by atoms with van der Waals surface area (Å²) in [4.78, 5) is 0. The first-order valence-corrected chi connectivity index (χ1v) is 2.69. The van der Waals surface area contributed by atoms with Crippen molar-refractivity contribution in [3.05, 3.63) is 0 Å². The molecule has 0 N–H and O–H groups in total.